The minimum atomic E-state index is 0.673. The summed E-state index contributed by atoms with van der Waals surface area (Å²) in [4.78, 5) is 9.66. The van der Waals surface area contributed by atoms with Crippen LogP contribution in [0, 0.1) is 0 Å². The van der Waals surface area contributed by atoms with Gasteiger partial charge in [-0.15, -0.1) is 9.89 Å². The van der Waals surface area contributed by atoms with Crippen LogP contribution in [-0.4, -0.2) is 19.9 Å². The highest BCUT2D eigenvalue weighted by Crippen LogP contribution is 2.26. The van der Waals surface area contributed by atoms with Crippen LogP contribution >= 0.6 is 11.3 Å². The van der Waals surface area contributed by atoms with Gasteiger partial charge < -0.3 is 0 Å². The Labute approximate surface area is 94.9 Å². The van der Waals surface area contributed by atoms with Crippen LogP contribution in [0.3, 0.4) is 0 Å². The van der Waals surface area contributed by atoms with Gasteiger partial charge in [-0.2, -0.15) is 5.12 Å². The van der Waals surface area contributed by atoms with Gasteiger partial charge in [0.05, 0.1) is 10.2 Å². The van der Waals surface area contributed by atoms with Gasteiger partial charge in [-0.3, -0.25) is 0 Å². The molecule has 2 N–H and O–H groups in total. The Bertz CT molecular complexity index is 568. The van der Waals surface area contributed by atoms with Gasteiger partial charge in [0.1, 0.15) is 12.7 Å². The number of aromatic nitrogens is 4. The van der Waals surface area contributed by atoms with E-state index in [0.717, 1.165) is 10.2 Å². The Kier molecular flexibility index (Phi) is 2.05. The molecule has 16 heavy (non-hydrogen) atoms. The first-order valence-electron chi connectivity index (χ1n) is 4.60. The molecule has 0 aliphatic rings. The van der Waals surface area contributed by atoms with Crippen molar-refractivity contribution in [3.8, 4) is 0 Å². The molecule has 0 spiro atoms. The quantitative estimate of drug-likeness (QED) is 0.527. The summed E-state index contributed by atoms with van der Waals surface area (Å²) in [6.07, 6.45) is 2.94. The van der Waals surface area contributed by atoms with E-state index < -0.39 is 0 Å². The SMILES string of the molecule is NN(c1nc2ccccc2s1)n1cncn1. The summed E-state index contributed by atoms with van der Waals surface area (Å²) in [6.45, 7) is 0. The number of fused-ring (bicyclic) bond motifs is 1. The number of benzene rings is 1. The largest absolute Gasteiger partial charge is 0.224 e. The molecule has 2 aromatic heterocycles. The number of rotatable bonds is 2. The van der Waals surface area contributed by atoms with Crippen molar-refractivity contribution < 1.29 is 0 Å². The average molecular weight is 232 g/mol. The second-order valence-corrected chi connectivity index (χ2v) is 4.13. The Morgan fingerprint density at radius 2 is 2.19 bits per heavy atom. The third kappa shape index (κ3) is 1.42. The molecule has 7 heteroatoms. The summed E-state index contributed by atoms with van der Waals surface area (Å²) in [5.74, 6) is 5.87. The molecular weight excluding hydrogens is 224 g/mol. The summed E-state index contributed by atoms with van der Waals surface area (Å²) in [6, 6.07) is 7.87. The van der Waals surface area contributed by atoms with E-state index in [0.29, 0.717) is 5.13 Å². The van der Waals surface area contributed by atoms with Crippen LogP contribution in [0.5, 0.6) is 0 Å². The molecule has 0 amide bonds. The number of hydrazine groups is 1. The predicted octanol–water partition coefficient (Wildman–Crippen LogP) is 1.03. The van der Waals surface area contributed by atoms with E-state index in [1.54, 1.807) is 0 Å². The lowest BCUT2D eigenvalue weighted by molar-refractivity contribution is 0.631. The lowest BCUT2D eigenvalue weighted by Crippen LogP contribution is -2.36. The summed E-state index contributed by atoms with van der Waals surface area (Å²) in [5, 5.41) is 5.97. The summed E-state index contributed by atoms with van der Waals surface area (Å²) in [5.41, 5.74) is 0.929. The van der Waals surface area contributed by atoms with E-state index in [1.165, 1.54) is 33.9 Å². The predicted molar refractivity (Wildman–Crippen MR) is 61.7 cm³/mol. The molecule has 0 aliphatic heterocycles. The van der Waals surface area contributed by atoms with Crippen LogP contribution in [0.2, 0.25) is 0 Å². The number of anilines is 1. The maximum absolute atomic E-state index is 5.87. The molecule has 1 aromatic carbocycles. The van der Waals surface area contributed by atoms with Crippen LogP contribution in [0.1, 0.15) is 0 Å². The van der Waals surface area contributed by atoms with Crippen molar-refractivity contribution in [3.05, 3.63) is 36.9 Å². The second-order valence-electron chi connectivity index (χ2n) is 3.12. The van der Waals surface area contributed by atoms with Crippen LogP contribution in [-0.2, 0) is 0 Å². The monoisotopic (exact) mass is 232 g/mol. The zero-order chi connectivity index (χ0) is 11.0. The number of nitrogens with two attached hydrogens (primary N) is 1. The number of hydrogen-bond acceptors (Lipinski definition) is 6. The summed E-state index contributed by atoms with van der Waals surface area (Å²) < 4.78 is 1.09. The molecular formula is C9H8N6S. The maximum Gasteiger partial charge on any atom is 0.222 e. The van der Waals surface area contributed by atoms with Crippen LogP contribution < -0.4 is 11.0 Å². The lowest BCUT2D eigenvalue weighted by atomic mass is 10.3. The molecule has 3 rings (SSSR count). The molecule has 0 unspecified atom stereocenters. The molecule has 6 nitrogen and oxygen atoms in total. The topological polar surface area (TPSA) is 72.9 Å². The van der Waals surface area contributed by atoms with Crippen molar-refractivity contribution >= 4 is 26.7 Å². The first kappa shape index (κ1) is 9.25. The van der Waals surface area contributed by atoms with Gasteiger partial charge in [0.2, 0.25) is 5.13 Å². The van der Waals surface area contributed by atoms with Crippen molar-refractivity contribution in [2.24, 2.45) is 5.84 Å². The zero-order valence-corrected chi connectivity index (χ0v) is 9.00. The highest BCUT2D eigenvalue weighted by Gasteiger charge is 2.10. The first-order valence-corrected chi connectivity index (χ1v) is 5.41. The van der Waals surface area contributed by atoms with E-state index in [-0.39, 0.29) is 0 Å². The molecule has 0 radical (unpaired) electrons. The third-order valence-electron chi connectivity index (χ3n) is 2.11. The molecule has 0 atom stereocenters. The van der Waals surface area contributed by atoms with Crippen molar-refractivity contribution in [1.29, 1.82) is 0 Å². The van der Waals surface area contributed by atoms with Crippen molar-refractivity contribution in [2.45, 2.75) is 0 Å². The van der Waals surface area contributed by atoms with E-state index >= 15 is 0 Å². The maximum atomic E-state index is 5.87. The minimum Gasteiger partial charge on any atom is -0.224 e. The highest BCUT2D eigenvalue weighted by atomic mass is 32.1. The van der Waals surface area contributed by atoms with Gasteiger partial charge in [-0.1, -0.05) is 23.5 Å². The standard InChI is InChI=1S/C9H8N6S/c10-15(14-6-11-5-12-14)9-13-7-3-1-2-4-8(7)16-9/h1-6H,10H2. The van der Waals surface area contributed by atoms with Crippen LogP contribution in [0.4, 0.5) is 5.13 Å². The fourth-order valence-electron chi connectivity index (χ4n) is 1.36. The first-order chi connectivity index (χ1) is 7.84. The van der Waals surface area contributed by atoms with Crippen molar-refractivity contribution in [1.82, 2.24) is 19.9 Å². The van der Waals surface area contributed by atoms with Crippen molar-refractivity contribution in [3.63, 3.8) is 0 Å². The molecule has 0 bridgehead atoms. The molecule has 0 fully saturated rings. The molecule has 0 aliphatic carbocycles. The van der Waals surface area contributed by atoms with Gasteiger partial charge in [-0.25, -0.2) is 15.8 Å². The Balaban J connectivity index is 2.06. The zero-order valence-electron chi connectivity index (χ0n) is 8.19. The lowest BCUT2D eigenvalue weighted by Gasteiger charge is -2.12. The van der Waals surface area contributed by atoms with Crippen molar-refractivity contribution in [2.75, 3.05) is 5.12 Å². The molecule has 2 heterocycles. The number of nitrogens with zero attached hydrogens (tertiary/aromatic N) is 5. The normalized spacial score (nSPS) is 10.8. The minimum absolute atomic E-state index is 0.673. The molecule has 80 valence electrons. The summed E-state index contributed by atoms with van der Waals surface area (Å²) >= 11 is 1.50. The number of para-hydroxylation sites is 1. The molecule has 0 saturated heterocycles. The van der Waals surface area contributed by atoms with E-state index in [9.17, 15) is 0 Å². The second kappa shape index (κ2) is 3.54. The van der Waals surface area contributed by atoms with E-state index in [1.807, 2.05) is 24.3 Å². The number of hydrogen-bond donors (Lipinski definition) is 1. The fraction of sp³-hybridized carbons (Fsp3) is 0. The Morgan fingerprint density at radius 3 is 2.94 bits per heavy atom. The molecule has 3 aromatic rings. The number of thiazole rings is 1. The summed E-state index contributed by atoms with van der Waals surface area (Å²) in [7, 11) is 0. The van der Waals surface area contributed by atoms with E-state index in [2.05, 4.69) is 15.1 Å². The van der Waals surface area contributed by atoms with Gasteiger partial charge >= 0.3 is 0 Å². The fourth-order valence-corrected chi connectivity index (χ4v) is 2.24. The average Bonchev–Trinajstić information content (AvgIpc) is 2.97. The van der Waals surface area contributed by atoms with Gasteiger partial charge in [0.25, 0.3) is 0 Å². The van der Waals surface area contributed by atoms with Gasteiger partial charge in [0, 0.05) is 0 Å². The van der Waals surface area contributed by atoms with Crippen LogP contribution in [0.15, 0.2) is 36.9 Å². The van der Waals surface area contributed by atoms with Gasteiger partial charge in [0.15, 0.2) is 0 Å². The Hall–Kier alpha value is -1.99. The van der Waals surface area contributed by atoms with Crippen LogP contribution in [0.25, 0.3) is 10.2 Å². The molecule has 0 saturated carbocycles. The highest BCUT2D eigenvalue weighted by molar-refractivity contribution is 7.22. The third-order valence-corrected chi connectivity index (χ3v) is 3.13. The smallest absolute Gasteiger partial charge is 0.222 e. The van der Waals surface area contributed by atoms with E-state index in [4.69, 9.17) is 5.84 Å². The Morgan fingerprint density at radius 1 is 1.31 bits per heavy atom. The van der Waals surface area contributed by atoms with Gasteiger partial charge in [-0.05, 0) is 12.1 Å².